The maximum atomic E-state index is 4.40. The van der Waals surface area contributed by atoms with Gasteiger partial charge in [0.25, 0.3) is 5.95 Å². The summed E-state index contributed by atoms with van der Waals surface area (Å²) in [6.07, 6.45) is 1.70. The van der Waals surface area contributed by atoms with Gasteiger partial charge in [0.1, 0.15) is 5.52 Å². The summed E-state index contributed by atoms with van der Waals surface area (Å²) in [4.78, 5) is 7.63. The topological polar surface area (TPSA) is 78.9 Å². The Balaban J connectivity index is 1.64. The van der Waals surface area contributed by atoms with Gasteiger partial charge < -0.3 is 4.98 Å². The summed E-state index contributed by atoms with van der Waals surface area (Å²) in [6, 6.07) is 15.7. The lowest BCUT2D eigenvalue weighted by Gasteiger charge is -1.97. The normalized spacial score (nSPS) is 11.5. The third-order valence-electron chi connectivity index (χ3n) is 3.35. The molecule has 2 aromatic heterocycles. The molecule has 6 nitrogen and oxygen atoms in total. The molecule has 4 rings (SSSR count). The van der Waals surface area contributed by atoms with Gasteiger partial charge in [0.15, 0.2) is 5.65 Å². The van der Waals surface area contributed by atoms with Crippen LogP contribution < -0.4 is 5.43 Å². The van der Waals surface area contributed by atoms with Crippen LogP contribution in [0.1, 0.15) is 5.56 Å². The van der Waals surface area contributed by atoms with Crippen LogP contribution in [0.3, 0.4) is 0 Å². The minimum Gasteiger partial charge on any atom is -0.338 e. The molecule has 0 atom stereocenters. The molecule has 2 N–H and O–H groups in total. The van der Waals surface area contributed by atoms with Crippen molar-refractivity contribution < 1.29 is 0 Å². The highest BCUT2D eigenvalue weighted by Crippen LogP contribution is 2.25. The number of benzene rings is 2. The minimum absolute atomic E-state index is 0.343. The largest absolute Gasteiger partial charge is 0.338 e. The monoisotopic (exact) mass is 366 g/mol. The first-order chi connectivity index (χ1) is 11.3. The molecule has 0 spiro atoms. The van der Waals surface area contributed by atoms with Gasteiger partial charge in [-0.3, -0.25) is 0 Å². The number of hydrogen-bond donors (Lipinski definition) is 2. The maximum Gasteiger partial charge on any atom is 0.265 e. The van der Waals surface area contributed by atoms with Gasteiger partial charge >= 0.3 is 0 Å². The van der Waals surface area contributed by atoms with Gasteiger partial charge in [-0.25, -0.2) is 5.43 Å². The summed E-state index contributed by atoms with van der Waals surface area (Å²) in [5, 5.41) is 13.4. The molecular weight excluding hydrogens is 356 g/mol. The zero-order valence-electron chi connectivity index (χ0n) is 11.9. The lowest BCUT2D eigenvalue weighted by atomic mass is 10.2. The first kappa shape index (κ1) is 13.8. The Morgan fingerprint density at radius 3 is 2.83 bits per heavy atom. The molecule has 2 aromatic carbocycles. The highest BCUT2D eigenvalue weighted by Gasteiger charge is 2.09. The van der Waals surface area contributed by atoms with E-state index in [-0.39, 0.29) is 0 Å². The van der Waals surface area contributed by atoms with Gasteiger partial charge in [-0.2, -0.15) is 10.1 Å². The van der Waals surface area contributed by atoms with Crippen LogP contribution in [0.2, 0.25) is 0 Å². The fourth-order valence-corrected chi connectivity index (χ4v) is 2.66. The molecule has 23 heavy (non-hydrogen) atoms. The molecule has 0 radical (unpaired) electrons. The molecule has 0 aliphatic rings. The molecule has 4 aromatic rings. The van der Waals surface area contributed by atoms with Crippen LogP contribution in [-0.2, 0) is 0 Å². The molecule has 7 heteroatoms. The van der Waals surface area contributed by atoms with Crippen molar-refractivity contribution in [1.29, 1.82) is 0 Å². The zero-order valence-corrected chi connectivity index (χ0v) is 13.4. The van der Waals surface area contributed by atoms with Crippen LogP contribution >= 0.6 is 15.9 Å². The number of halogens is 1. The summed E-state index contributed by atoms with van der Waals surface area (Å²) in [5.41, 5.74) is 6.16. The SMILES string of the molecule is Brc1ccc2[nH]c3nc(N/N=C/c4ccccc4)nnc3c2c1. The number of hydrogen-bond acceptors (Lipinski definition) is 5. The number of H-pyrrole nitrogens is 1. The van der Waals surface area contributed by atoms with E-state index in [2.05, 4.69) is 46.6 Å². The number of nitrogens with zero attached hydrogens (tertiary/aromatic N) is 4. The Labute approximate surface area is 139 Å². The van der Waals surface area contributed by atoms with E-state index in [1.54, 1.807) is 6.21 Å². The molecule has 0 unspecified atom stereocenters. The standard InChI is InChI=1S/C16H11BrN6/c17-11-6-7-13-12(8-11)14-15(19-13)20-16(23-21-14)22-18-9-10-4-2-1-3-5-10/h1-9H,(H2,19,20,22,23)/b18-9+. The Morgan fingerprint density at radius 2 is 1.96 bits per heavy atom. The van der Waals surface area contributed by atoms with E-state index >= 15 is 0 Å². The van der Waals surface area contributed by atoms with Crippen molar-refractivity contribution in [3.05, 3.63) is 58.6 Å². The Bertz CT molecular complexity index is 1010. The second-order valence-corrected chi connectivity index (χ2v) is 5.84. The van der Waals surface area contributed by atoms with Crippen molar-refractivity contribution >= 4 is 50.2 Å². The van der Waals surface area contributed by atoms with Gasteiger partial charge in [-0.15, -0.1) is 10.2 Å². The molecule has 0 bridgehead atoms. The number of nitrogens with one attached hydrogen (secondary N) is 2. The van der Waals surface area contributed by atoms with E-state index in [0.29, 0.717) is 11.6 Å². The van der Waals surface area contributed by atoms with Crippen molar-refractivity contribution in [2.24, 2.45) is 5.10 Å². The molecule has 0 saturated heterocycles. The Kier molecular flexibility index (Phi) is 3.47. The van der Waals surface area contributed by atoms with Gasteiger partial charge in [-0.05, 0) is 23.8 Å². The summed E-state index contributed by atoms with van der Waals surface area (Å²) in [5.74, 6) is 0.343. The predicted octanol–water partition coefficient (Wildman–Crippen LogP) is 3.71. The van der Waals surface area contributed by atoms with Gasteiger partial charge in [-0.1, -0.05) is 46.3 Å². The third-order valence-corrected chi connectivity index (χ3v) is 3.85. The van der Waals surface area contributed by atoms with E-state index in [1.165, 1.54) is 0 Å². The van der Waals surface area contributed by atoms with E-state index in [1.807, 2.05) is 48.5 Å². The van der Waals surface area contributed by atoms with Crippen molar-refractivity contribution in [1.82, 2.24) is 20.2 Å². The first-order valence-corrected chi connectivity index (χ1v) is 7.75. The van der Waals surface area contributed by atoms with E-state index in [9.17, 15) is 0 Å². The number of anilines is 1. The quantitative estimate of drug-likeness (QED) is 0.427. The van der Waals surface area contributed by atoms with E-state index in [0.717, 1.165) is 26.5 Å². The second kappa shape index (κ2) is 5.77. The average molecular weight is 367 g/mol. The van der Waals surface area contributed by atoms with Gasteiger partial charge in [0.2, 0.25) is 0 Å². The van der Waals surface area contributed by atoms with Crippen LogP contribution in [0.4, 0.5) is 5.95 Å². The number of fused-ring (bicyclic) bond motifs is 3. The first-order valence-electron chi connectivity index (χ1n) is 6.95. The van der Waals surface area contributed by atoms with E-state index < -0.39 is 0 Å². The molecule has 0 amide bonds. The Morgan fingerprint density at radius 1 is 1.09 bits per heavy atom. The summed E-state index contributed by atoms with van der Waals surface area (Å²) < 4.78 is 0.988. The lowest BCUT2D eigenvalue weighted by Crippen LogP contribution is -1.98. The van der Waals surface area contributed by atoms with Crippen molar-refractivity contribution in [2.75, 3.05) is 5.43 Å². The second-order valence-electron chi connectivity index (χ2n) is 4.93. The molecule has 2 heterocycles. The maximum absolute atomic E-state index is 4.40. The molecular formula is C16H11BrN6. The van der Waals surface area contributed by atoms with Gasteiger partial charge in [0.05, 0.1) is 6.21 Å². The summed E-state index contributed by atoms with van der Waals surface area (Å²) >= 11 is 3.46. The van der Waals surface area contributed by atoms with E-state index in [4.69, 9.17) is 0 Å². The van der Waals surface area contributed by atoms with Crippen LogP contribution in [0.15, 0.2) is 58.1 Å². The van der Waals surface area contributed by atoms with Crippen molar-refractivity contribution in [3.63, 3.8) is 0 Å². The highest BCUT2D eigenvalue weighted by molar-refractivity contribution is 9.10. The number of aromatic amines is 1. The minimum atomic E-state index is 0.343. The van der Waals surface area contributed by atoms with Crippen LogP contribution in [-0.4, -0.2) is 26.4 Å². The average Bonchev–Trinajstić information content (AvgIpc) is 2.93. The number of rotatable bonds is 3. The molecule has 112 valence electrons. The molecule has 0 aliphatic heterocycles. The number of hydrazone groups is 1. The van der Waals surface area contributed by atoms with Crippen molar-refractivity contribution in [3.8, 4) is 0 Å². The summed E-state index contributed by atoms with van der Waals surface area (Å²) in [7, 11) is 0. The van der Waals surface area contributed by atoms with Crippen LogP contribution in [0.5, 0.6) is 0 Å². The molecule has 0 fully saturated rings. The van der Waals surface area contributed by atoms with Gasteiger partial charge in [0, 0.05) is 15.4 Å². The molecule has 0 saturated carbocycles. The zero-order chi connectivity index (χ0) is 15.6. The molecule has 0 aliphatic carbocycles. The third kappa shape index (κ3) is 2.78. The smallest absolute Gasteiger partial charge is 0.265 e. The fraction of sp³-hybridized carbons (Fsp3) is 0. The Hall–Kier alpha value is -2.80. The fourth-order valence-electron chi connectivity index (χ4n) is 2.29. The van der Waals surface area contributed by atoms with Crippen molar-refractivity contribution in [2.45, 2.75) is 0 Å². The highest BCUT2D eigenvalue weighted by atomic mass is 79.9. The van der Waals surface area contributed by atoms with Crippen LogP contribution in [0.25, 0.3) is 22.1 Å². The summed E-state index contributed by atoms with van der Waals surface area (Å²) in [6.45, 7) is 0. The predicted molar refractivity (Wildman–Crippen MR) is 94.5 cm³/mol. The lowest BCUT2D eigenvalue weighted by molar-refractivity contribution is 1.01. The van der Waals surface area contributed by atoms with Crippen LogP contribution in [0, 0.1) is 0 Å². The number of aromatic nitrogens is 4.